The highest BCUT2D eigenvalue weighted by Crippen LogP contribution is 2.15. The van der Waals surface area contributed by atoms with E-state index in [1.165, 1.54) is 6.08 Å². The number of carboxylic acid groups (broad SMARTS) is 1. The van der Waals surface area contributed by atoms with Crippen molar-refractivity contribution in [2.75, 3.05) is 6.61 Å². The largest absolute Gasteiger partial charge is 0.480 e. The molecule has 1 atom stereocenters. The number of carbonyl (C=O) groups excluding carboxylic acids is 1. The summed E-state index contributed by atoms with van der Waals surface area (Å²) in [4.78, 5) is 22.0. The van der Waals surface area contributed by atoms with Gasteiger partial charge in [-0.2, -0.15) is 0 Å². The molecule has 5 nitrogen and oxygen atoms in total. The molecule has 0 radical (unpaired) electrons. The Hall–Kier alpha value is -1.85. The summed E-state index contributed by atoms with van der Waals surface area (Å²) in [5.41, 5.74) is 0.644. The smallest absolute Gasteiger partial charge is 0.328 e. The predicted molar refractivity (Wildman–Crippen MR) is 67.1 cm³/mol. The van der Waals surface area contributed by atoms with E-state index in [4.69, 9.17) is 21.8 Å². The van der Waals surface area contributed by atoms with Gasteiger partial charge in [0.25, 0.3) is 0 Å². The Bertz CT molecular complexity index is 473. The van der Waals surface area contributed by atoms with Crippen molar-refractivity contribution in [3.8, 4) is 0 Å². The van der Waals surface area contributed by atoms with E-state index in [2.05, 4.69) is 5.32 Å². The third-order valence-electron chi connectivity index (χ3n) is 2.12. The number of aliphatic hydroxyl groups is 1. The van der Waals surface area contributed by atoms with E-state index in [0.717, 1.165) is 6.08 Å². The van der Waals surface area contributed by atoms with Crippen molar-refractivity contribution >= 4 is 29.6 Å². The molecule has 18 heavy (non-hydrogen) atoms. The molecule has 1 unspecified atom stereocenters. The Morgan fingerprint density at radius 2 is 2.06 bits per heavy atom. The van der Waals surface area contributed by atoms with Crippen LogP contribution in [0.1, 0.15) is 5.56 Å². The summed E-state index contributed by atoms with van der Waals surface area (Å²) in [5.74, 6) is -1.91. The summed E-state index contributed by atoms with van der Waals surface area (Å²) in [6, 6.07) is 5.59. The molecule has 1 aromatic rings. The third-order valence-corrected chi connectivity index (χ3v) is 2.46. The average molecular weight is 270 g/mol. The van der Waals surface area contributed by atoms with Gasteiger partial charge < -0.3 is 15.5 Å². The first-order valence-electron chi connectivity index (χ1n) is 5.11. The van der Waals surface area contributed by atoms with Gasteiger partial charge in [0.15, 0.2) is 6.04 Å². The topological polar surface area (TPSA) is 86.6 Å². The van der Waals surface area contributed by atoms with E-state index in [9.17, 15) is 9.59 Å². The van der Waals surface area contributed by atoms with E-state index in [0.29, 0.717) is 10.6 Å². The number of amides is 1. The molecule has 0 aliphatic heterocycles. The lowest BCUT2D eigenvalue weighted by Gasteiger charge is -2.09. The van der Waals surface area contributed by atoms with Crippen LogP contribution >= 0.6 is 11.6 Å². The van der Waals surface area contributed by atoms with Crippen LogP contribution in [0.2, 0.25) is 5.02 Å². The van der Waals surface area contributed by atoms with Gasteiger partial charge in [0, 0.05) is 11.1 Å². The standard InChI is InChI=1S/C12H12ClNO4/c13-9-4-2-1-3-8(9)5-6-11(16)14-10(7-15)12(17)18/h1-6,10,15H,7H2,(H,14,16)(H,17,18)/b6-5+. The molecule has 0 saturated heterocycles. The number of halogens is 1. The number of nitrogens with one attached hydrogen (secondary N) is 1. The van der Waals surface area contributed by atoms with Gasteiger partial charge in [-0.1, -0.05) is 29.8 Å². The maximum Gasteiger partial charge on any atom is 0.328 e. The van der Waals surface area contributed by atoms with Crippen molar-refractivity contribution in [3.05, 3.63) is 40.9 Å². The molecule has 6 heteroatoms. The molecule has 96 valence electrons. The van der Waals surface area contributed by atoms with Gasteiger partial charge in [0.1, 0.15) is 0 Å². The van der Waals surface area contributed by atoms with Crippen LogP contribution in [0, 0.1) is 0 Å². The van der Waals surface area contributed by atoms with Crippen LogP contribution in [-0.4, -0.2) is 34.7 Å². The third kappa shape index (κ3) is 4.20. The van der Waals surface area contributed by atoms with Crippen LogP contribution in [0.15, 0.2) is 30.3 Å². The molecular formula is C12H12ClNO4. The van der Waals surface area contributed by atoms with Crippen LogP contribution in [0.25, 0.3) is 6.08 Å². The van der Waals surface area contributed by atoms with Crippen LogP contribution in [0.3, 0.4) is 0 Å². The molecular weight excluding hydrogens is 258 g/mol. The molecule has 1 rings (SSSR count). The van der Waals surface area contributed by atoms with Gasteiger partial charge >= 0.3 is 5.97 Å². The molecule has 0 heterocycles. The Balaban J connectivity index is 2.65. The lowest BCUT2D eigenvalue weighted by molar-refractivity contribution is -0.142. The van der Waals surface area contributed by atoms with Crippen molar-refractivity contribution in [2.45, 2.75) is 6.04 Å². The van der Waals surface area contributed by atoms with E-state index in [1.807, 2.05) is 0 Å². The number of aliphatic carboxylic acids is 1. The van der Waals surface area contributed by atoms with Crippen LogP contribution in [-0.2, 0) is 9.59 Å². The molecule has 1 amide bonds. The average Bonchev–Trinajstić information content (AvgIpc) is 2.34. The van der Waals surface area contributed by atoms with Crippen molar-refractivity contribution in [1.29, 1.82) is 0 Å². The van der Waals surface area contributed by atoms with Gasteiger partial charge in [0.05, 0.1) is 6.61 Å². The van der Waals surface area contributed by atoms with Crippen molar-refractivity contribution in [1.82, 2.24) is 5.32 Å². The lowest BCUT2D eigenvalue weighted by atomic mass is 10.2. The summed E-state index contributed by atoms with van der Waals surface area (Å²) in [6.07, 6.45) is 2.63. The molecule has 0 aliphatic rings. The highest BCUT2D eigenvalue weighted by molar-refractivity contribution is 6.32. The second kappa shape index (κ2) is 6.78. The number of rotatable bonds is 5. The summed E-state index contributed by atoms with van der Waals surface area (Å²) in [7, 11) is 0. The SMILES string of the molecule is O=C(/C=C/c1ccccc1Cl)NC(CO)C(=O)O. The minimum Gasteiger partial charge on any atom is -0.480 e. The Kier molecular flexibility index (Phi) is 5.35. The van der Waals surface area contributed by atoms with Crippen molar-refractivity contribution < 1.29 is 19.8 Å². The Morgan fingerprint density at radius 3 is 2.61 bits per heavy atom. The van der Waals surface area contributed by atoms with Gasteiger partial charge in [-0.25, -0.2) is 4.79 Å². The molecule has 3 N–H and O–H groups in total. The van der Waals surface area contributed by atoms with Gasteiger partial charge in [-0.05, 0) is 17.7 Å². The first-order valence-corrected chi connectivity index (χ1v) is 5.49. The first-order chi connectivity index (χ1) is 8.54. The molecule has 0 saturated carbocycles. The second-order valence-corrected chi connectivity index (χ2v) is 3.84. The van der Waals surface area contributed by atoms with E-state index >= 15 is 0 Å². The molecule has 0 spiro atoms. The van der Waals surface area contributed by atoms with E-state index in [-0.39, 0.29) is 0 Å². The number of carbonyl (C=O) groups is 2. The van der Waals surface area contributed by atoms with Crippen molar-refractivity contribution in [3.63, 3.8) is 0 Å². The Labute approximate surface area is 109 Å². The quantitative estimate of drug-likeness (QED) is 0.694. The Morgan fingerprint density at radius 1 is 1.39 bits per heavy atom. The predicted octanol–water partition coefficient (Wildman–Crippen LogP) is 0.915. The number of hydrogen-bond acceptors (Lipinski definition) is 3. The first kappa shape index (κ1) is 14.2. The van der Waals surface area contributed by atoms with E-state index in [1.54, 1.807) is 24.3 Å². The lowest BCUT2D eigenvalue weighted by Crippen LogP contribution is -2.42. The zero-order chi connectivity index (χ0) is 13.5. The zero-order valence-corrected chi connectivity index (χ0v) is 10.1. The minimum atomic E-state index is -1.31. The summed E-state index contributed by atoms with van der Waals surface area (Å²) in [6.45, 7) is -0.666. The monoisotopic (exact) mass is 269 g/mol. The van der Waals surface area contributed by atoms with Gasteiger partial charge in [-0.3, -0.25) is 4.79 Å². The summed E-state index contributed by atoms with van der Waals surface area (Å²) < 4.78 is 0. The highest BCUT2D eigenvalue weighted by Gasteiger charge is 2.16. The fraction of sp³-hybridized carbons (Fsp3) is 0.167. The van der Waals surface area contributed by atoms with Crippen LogP contribution in [0.5, 0.6) is 0 Å². The summed E-state index contributed by atoms with van der Waals surface area (Å²) >= 11 is 5.87. The number of carboxylic acids is 1. The highest BCUT2D eigenvalue weighted by atomic mass is 35.5. The van der Waals surface area contributed by atoms with Crippen LogP contribution in [0.4, 0.5) is 0 Å². The molecule has 0 bridgehead atoms. The normalized spacial score (nSPS) is 12.3. The fourth-order valence-electron chi connectivity index (χ4n) is 1.18. The fourth-order valence-corrected chi connectivity index (χ4v) is 1.38. The summed E-state index contributed by atoms with van der Waals surface area (Å²) in [5, 5.41) is 20.0. The maximum atomic E-state index is 11.4. The molecule has 0 aromatic heterocycles. The van der Waals surface area contributed by atoms with Gasteiger partial charge in [-0.15, -0.1) is 0 Å². The van der Waals surface area contributed by atoms with Crippen molar-refractivity contribution in [2.24, 2.45) is 0 Å². The molecule has 0 aliphatic carbocycles. The van der Waals surface area contributed by atoms with Crippen LogP contribution < -0.4 is 5.32 Å². The molecule has 0 fully saturated rings. The number of aliphatic hydroxyl groups excluding tert-OH is 1. The number of hydrogen-bond donors (Lipinski definition) is 3. The van der Waals surface area contributed by atoms with E-state index < -0.39 is 24.5 Å². The number of benzene rings is 1. The maximum absolute atomic E-state index is 11.4. The second-order valence-electron chi connectivity index (χ2n) is 3.44. The molecule has 1 aromatic carbocycles. The minimum absolute atomic E-state index is 0.485. The zero-order valence-electron chi connectivity index (χ0n) is 9.34. The van der Waals surface area contributed by atoms with Gasteiger partial charge in [0.2, 0.25) is 5.91 Å².